The van der Waals surface area contributed by atoms with Crippen molar-refractivity contribution < 1.29 is 4.79 Å². The monoisotopic (exact) mass is 140 g/mol. The minimum absolute atomic E-state index is 0.185. The fraction of sp³-hybridized carbons (Fsp3) is 0.750. The molecule has 1 aliphatic heterocycles. The van der Waals surface area contributed by atoms with Gasteiger partial charge >= 0.3 is 0 Å². The van der Waals surface area contributed by atoms with Gasteiger partial charge in [0.05, 0.1) is 0 Å². The molecule has 0 spiro atoms. The van der Waals surface area contributed by atoms with Crippen LogP contribution in [0.4, 0.5) is 0 Å². The van der Waals surface area contributed by atoms with Crippen molar-refractivity contribution in [3.05, 3.63) is 6.42 Å². The van der Waals surface area contributed by atoms with Gasteiger partial charge in [0.15, 0.2) is 0 Å². The van der Waals surface area contributed by atoms with E-state index >= 15 is 0 Å². The summed E-state index contributed by atoms with van der Waals surface area (Å²) in [6, 6.07) is 0.462. The van der Waals surface area contributed by atoms with Gasteiger partial charge in [-0.2, -0.15) is 0 Å². The summed E-state index contributed by atoms with van der Waals surface area (Å²) in [5.41, 5.74) is 0. The molecule has 0 aromatic rings. The fourth-order valence-electron chi connectivity index (χ4n) is 1.43. The van der Waals surface area contributed by atoms with Crippen LogP contribution in [-0.2, 0) is 4.79 Å². The number of likely N-dealkylation sites (tertiary alicyclic amines) is 1. The molecular formula is C8H14NO. The van der Waals surface area contributed by atoms with E-state index in [1.54, 1.807) is 13.3 Å². The van der Waals surface area contributed by atoms with E-state index in [2.05, 4.69) is 6.92 Å². The van der Waals surface area contributed by atoms with Crippen LogP contribution in [0.2, 0.25) is 0 Å². The van der Waals surface area contributed by atoms with Crippen molar-refractivity contribution in [2.24, 2.45) is 0 Å². The van der Waals surface area contributed by atoms with Gasteiger partial charge in [0.2, 0.25) is 5.91 Å². The second-order valence-electron chi connectivity index (χ2n) is 2.81. The highest BCUT2D eigenvalue weighted by Crippen LogP contribution is 2.16. The molecule has 1 radical (unpaired) electrons. The molecule has 0 aliphatic carbocycles. The number of carbonyl (C=O) groups is 1. The van der Waals surface area contributed by atoms with Crippen LogP contribution in [0.15, 0.2) is 0 Å². The van der Waals surface area contributed by atoms with E-state index in [1.165, 1.54) is 12.8 Å². The lowest BCUT2D eigenvalue weighted by molar-refractivity contribution is -0.127. The van der Waals surface area contributed by atoms with Crippen LogP contribution in [0.5, 0.6) is 0 Å². The third-order valence-corrected chi connectivity index (χ3v) is 2.08. The van der Waals surface area contributed by atoms with Gasteiger partial charge in [0.1, 0.15) is 0 Å². The number of amides is 1. The third-order valence-electron chi connectivity index (χ3n) is 2.08. The van der Waals surface area contributed by atoms with Crippen LogP contribution in [0.3, 0.4) is 0 Å². The quantitative estimate of drug-likeness (QED) is 0.536. The van der Waals surface area contributed by atoms with Crippen LogP contribution in [0.25, 0.3) is 0 Å². The minimum atomic E-state index is 0.185. The van der Waals surface area contributed by atoms with Crippen molar-refractivity contribution in [2.45, 2.75) is 32.7 Å². The summed E-state index contributed by atoms with van der Waals surface area (Å²) in [4.78, 5) is 13.0. The Morgan fingerprint density at radius 3 is 2.80 bits per heavy atom. The molecule has 1 saturated heterocycles. The van der Waals surface area contributed by atoms with Crippen LogP contribution >= 0.6 is 0 Å². The van der Waals surface area contributed by atoms with Crippen molar-refractivity contribution in [3.8, 4) is 0 Å². The molecule has 1 amide bonds. The van der Waals surface area contributed by atoms with Crippen LogP contribution in [0, 0.1) is 6.42 Å². The van der Waals surface area contributed by atoms with Gasteiger partial charge in [-0.1, -0.05) is 6.92 Å². The molecule has 2 heteroatoms. The summed E-state index contributed by atoms with van der Waals surface area (Å²) in [6.07, 6.45) is 3.97. The topological polar surface area (TPSA) is 20.3 Å². The molecule has 1 aliphatic rings. The van der Waals surface area contributed by atoms with Crippen molar-refractivity contribution in [1.29, 1.82) is 0 Å². The summed E-state index contributed by atoms with van der Waals surface area (Å²) in [7, 11) is 0. The maximum atomic E-state index is 11.1. The molecule has 10 heavy (non-hydrogen) atoms. The Bertz CT molecular complexity index is 133. The molecule has 1 heterocycles. The number of carbonyl (C=O) groups excluding carboxylic acids is 1. The average molecular weight is 140 g/mol. The Hall–Kier alpha value is -0.530. The highest BCUT2D eigenvalue weighted by molar-refractivity contribution is 5.84. The molecule has 1 unspecified atom stereocenters. The first-order chi connectivity index (χ1) is 4.75. The first kappa shape index (κ1) is 7.58. The van der Waals surface area contributed by atoms with Gasteiger partial charge in [-0.15, -0.1) is 0 Å². The number of hydrogen-bond donors (Lipinski definition) is 0. The Labute approximate surface area is 62.2 Å². The first-order valence-electron chi connectivity index (χ1n) is 3.85. The predicted molar refractivity (Wildman–Crippen MR) is 40.4 cm³/mol. The standard InChI is InChI=1S/C8H14NO/c1-3-8(10)9-6-4-5-7(9)2/h3,7H,4-6H2,1-2H3. The van der Waals surface area contributed by atoms with Crippen LogP contribution < -0.4 is 0 Å². The van der Waals surface area contributed by atoms with Gasteiger partial charge in [0.25, 0.3) is 0 Å². The molecule has 0 N–H and O–H groups in total. The highest BCUT2D eigenvalue weighted by atomic mass is 16.2. The van der Waals surface area contributed by atoms with Crippen molar-refractivity contribution >= 4 is 5.91 Å². The number of rotatable bonds is 1. The van der Waals surface area contributed by atoms with Gasteiger partial charge < -0.3 is 4.90 Å². The van der Waals surface area contributed by atoms with E-state index in [9.17, 15) is 4.79 Å². The van der Waals surface area contributed by atoms with Crippen molar-refractivity contribution in [2.75, 3.05) is 6.54 Å². The van der Waals surface area contributed by atoms with E-state index in [-0.39, 0.29) is 5.91 Å². The van der Waals surface area contributed by atoms with Gasteiger partial charge in [0, 0.05) is 19.0 Å². The number of nitrogens with zero attached hydrogens (tertiary/aromatic N) is 1. The van der Waals surface area contributed by atoms with Crippen LogP contribution in [-0.4, -0.2) is 23.4 Å². The fourth-order valence-corrected chi connectivity index (χ4v) is 1.43. The maximum Gasteiger partial charge on any atom is 0.226 e. The molecule has 1 atom stereocenters. The first-order valence-corrected chi connectivity index (χ1v) is 3.85. The summed E-state index contributed by atoms with van der Waals surface area (Å²) in [6.45, 7) is 4.85. The molecule has 1 rings (SSSR count). The average Bonchev–Trinajstić information content (AvgIpc) is 2.34. The van der Waals surface area contributed by atoms with Crippen molar-refractivity contribution in [3.63, 3.8) is 0 Å². The molecular weight excluding hydrogens is 126 g/mol. The smallest absolute Gasteiger partial charge is 0.226 e. The molecule has 57 valence electrons. The van der Waals surface area contributed by atoms with E-state index in [0.717, 1.165) is 6.54 Å². The second kappa shape index (κ2) is 3.04. The second-order valence-corrected chi connectivity index (χ2v) is 2.81. The Morgan fingerprint density at radius 2 is 2.40 bits per heavy atom. The largest absolute Gasteiger partial charge is 0.340 e. The lowest BCUT2D eigenvalue weighted by Crippen LogP contribution is -2.33. The third kappa shape index (κ3) is 1.31. The SMILES string of the molecule is C[CH]C(=O)N1CCCC1C. The summed E-state index contributed by atoms with van der Waals surface area (Å²) < 4.78 is 0. The highest BCUT2D eigenvalue weighted by Gasteiger charge is 2.23. The lowest BCUT2D eigenvalue weighted by atomic mass is 10.2. The molecule has 0 bridgehead atoms. The van der Waals surface area contributed by atoms with Crippen molar-refractivity contribution in [1.82, 2.24) is 4.90 Å². The van der Waals surface area contributed by atoms with Crippen LogP contribution in [0.1, 0.15) is 26.7 Å². The summed E-state index contributed by atoms with van der Waals surface area (Å²) >= 11 is 0. The van der Waals surface area contributed by atoms with E-state index in [4.69, 9.17) is 0 Å². The zero-order chi connectivity index (χ0) is 7.56. The minimum Gasteiger partial charge on any atom is -0.340 e. The Balaban J connectivity index is 2.46. The molecule has 1 fully saturated rings. The number of hydrogen-bond acceptors (Lipinski definition) is 1. The van der Waals surface area contributed by atoms with E-state index < -0.39 is 0 Å². The van der Waals surface area contributed by atoms with Gasteiger partial charge in [-0.05, 0) is 19.8 Å². The lowest BCUT2D eigenvalue weighted by Gasteiger charge is -2.19. The zero-order valence-electron chi connectivity index (χ0n) is 6.63. The summed E-state index contributed by atoms with van der Waals surface area (Å²) in [5, 5.41) is 0. The van der Waals surface area contributed by atoms with Gasteiger partial charge in [-0.3, -0.25) is 4.79 Å². The molecule has 2 nitrogen and oxygen atoms in total. The van der Waals surface area contributed by atoms with E-state index in [1.807, 2.05) is 4.90 Å². The predicted octanol–water partition coefficient (Wildman–Crippen LogP) is 1.22. The molecule has 0 aromatic carbocycles. The zero-order valence-corrected chi connectivity index (χ0v) is 6.63. The molecule has 0 aromatic heterocycles. The Kier molecular flexibility index (Phi) is 2.30. The summed E-state index contributed by atoms with van der Waals surface area (Å²) in [5.74, 6) is 0.185. The normalized spacial score (nSPS) is 25.4. The van der Waals surface area contributed by atoms with E-state index in [0.29, 0.717) is 6.04 Å². The molecule has 0 saturated carbocycles. The van der Waals surface area contributed by atoms with Gasteiger partial charge in [-0.25, -0.2) is 0 Å². The maximum absolute atomic E-state index is 11.1. The Morgan fingerprint density at radius 1 is 1.70 bits per heavy atom.